The van der Waals surface area contributed by atoms with E-state index in [2.05, 4.69) is 5.32 Å². The Morgan fingerprint density at radius 2 is 1.52 bits per heavy atom. The highest BCUT2D eigenvalue weighted by atomic mass is 32.2. The topological polar surface area (TPSA) is 109 Å². The van der Waals surface area contributed by atoms with Crippen LogP contribution in [0.25, 0.3) is 22.1 Å². The zero-order chi connectivity index (χ0) is 29.2. The van der Waals surface area contributed by atoms with E-state index < -0.39 is 28.9 Å². The van der Waals surface area contributed by atoms with Gasteiger partial charge < -0.3 is 14.5 Å². The van der Waals surface area contributed by atoms with Gasteiger partial charge in [0, 0.05) is 16.6 Å². The smallest absolute Gasteiger partial charge is 0.330 e. The first-order valence-electron chi connectivity index (χ1n) is 13.0. The zero-order valence-corrected chi connectivity index (χ0v) is 24.2. The number of anilines is 2. The third-order valence-electron chi connectivity index (χ3n) is 6.35. The summed E-state index contributed by atoms with van der Waals surface area (Å²) in [5, 5.41) is 3.78. The molecule has 0 radical (unpaired) electrons. The van der Waals surface area contributed by atoms with Crippen molar-refractivity contribution in [3.8, 4) is 11.1 Å². The van der Waals surface area contributed by atoms with Crippen LogP contribution in [0.3, 0.4) is 0 Å². The zero-order valence-electron chi connectivity index (χ0n) is 23.4. The number of carbonyl (C=O) groups excluding carboxylic acids is 2. The first-order valence-corrected chi connectivity index (χ1v) is 14.0. The number of hydrogen-bond acceptors (Lipinski definition) is 5. The fourth-order valence-electron chi connectivity index (χ4n) is 4.47. The van der Waals surface area contributed by atoms with Gasteiger partial charge in [0.25, 0.3) is 17.2 Å². The van der Waals surface area contributed by atoms with E-state index >= 15 is 0 Å². The average Bonchev–Trinajstić information content (AvgIpc) is 3.23. The number of hydrogen-bond donors (Lipinski definition) is 2. The summed E-state index contributed by atoms with van der Waals surface area (Å²) in [6.45, 7) is 10.7. The van der Waals surface area contributed by atoms with Crippen molar-refractivity contribution >= 4 is 45.5 Å². The highest BCUT2D eigenvalue weighted by Crippen LogP contribution is 2.30. The van der Waals surface area contributed by atoms with Crippen molar-refractivity contribution in [2.24, 2.45) is 5.92 Å². The Labute approximate surface area is 236 Å². The van der Waals surface area contributed by atoms with Gasteiger partial charge in [-0.2, -0.15) is 0 Å². The van der Waals surface area contributed by atoms with E-state index in [0.29, 0.717) is 17.0 Å². The van der Waals surface area contributed by atoms with Gasteiger partial charge in [-0.25, -0.2) is 9.00 Å². The fourth-order valence-corrected chi connectivity index (χ4v) is 5.30. The number of furan rings is 1. The number of rotatable bonds is 8. The van der Waals surface area contributed by atoms with Gasteiger partial charge in [-0.1, -0.05) is 56.3 Å². The molecule has 0 spiro atoms. The summed E-state index contributed by atoms with van der Waals surface area (Å²) in [7, 11) is 0. The predicted molar refractivity (Wildman–Crippen MR) is 159 cm³/mol. The van der Waals surface area contributed by atoms with Gasteiger partial charge in [0.05, 0.1) is 5.69 Å². The van der Waals surface area contributed by atoms with Crippen LogP contribution in [-0.4, -0.2) is 32.3 Å². The molecule has 0 saturated heterocycles. The molecule has 1 amide bonds. The lowest BCUT2D eigenvalue weighted by Crippen LogP contribution is -2.48. The molecule has 9 heteroatoms. The number of amides is 1. The van der Waals surface area contributed by atoms with Gasteiger partial charge in [0.1, 0.15) is 17.2 Å². The van der Waals surface area contributed by atoms with Crippen molar-refractivity contribution in [1.82, 2.24) is 0 Å². The largest absolute Gasteiger partial charge is 0.458 e. The predicted octanol–water partition coefficient (Wildman–Crippen LogP) is 6.97. The molecule has 1 heterocycles. The molecule has 0 saturated carbocycles. The summed E-state index contributed by atoms with van der Waals surface area (Å²) in [5.41, 5.74) is 3.49. The Kier molecular flexibility index (Phi) is 8.46. The highest BCUT2D eigenvalue weighted by molar-refractivity contribution is 7.80. The van der Waals surface area contributed by atoms with Crippen LogP contribution < -0.4 is 9.62 Å². The number of benzene rings is 3. The molecule has 0 fully saturated rings. The standard InChI is InChI=1S/C31H34N2O6S/c1-19(2)27(30(35)39-31(4,5)6)33(40(36)37)24-17-13-22(14-18-24)21-11-15-23(16-12-21)32-29(34)28-20(3)25-9-7-8-10-26(25)38-28/h7-19,27H,1-6H3,(H,32,34)(H,36,37). The minimum atomic E-state index is -2.45. The van der Waals surface area contributed by atoms with Gasteiger partial charge in [0.15, 0.2) is 5.76 Å². The number of aryl methyl sites for hydroxylation is 1. The Balaban J connectivity index is 1.51. The molecular weight excluding hydrogens is 528 g/mol. The molecule has 0 aliphatic rings. The van der Waals surface area contributed by atoms with Crippen molar-refractivity contribution in [2.75, 3.05) is 9.62 Å². The number of para-hydroxylation sites is 1. The van der Waals surface area contributed by atoms with Crippen LogP contribution in [0, 0.1) is 12.8 Å². The number of esters is 1. The van der Waals surface area contributed by atoms with Crippen LogP contribution in [0.2, 0.25) is 0 Å². The second-order valence-electron chi connectivity index (χ2n) is 10.9. The van der Waals surface area contributed by atoms with E-state index in [0.717, 1.165) is 22.1 Å². The van der Waals surface area contributed by atoms with Gasteiger partial charge >= 0.3 is 5.97 Å². The Bertz CT molecular complexity index is 1540. The molecule has 4 rings (SSSR count). The molecule has 3 aromatic carbocycles. The van der Waals surface area contributed by atoms with Crippen molar-refractivity contribution in [2.45, 2.75) is 53.2 Å². The molecule has 2 unspecified atom stereocenters. The maximum Gasteiger partial charge on any atom is 0.330 e. The van der Waals surface area contributed by atoms with Gasteiger partial charge in [-0.15, -0.1) is 0 Å². The molecule has 1 aromatic heterocycles. The number of ether oxygens (including phenoxy) is 1. The summed E-state index contributed by atoms with van der Waals surface area (Å²) in [6, 6.07) is 20.9. The second-order valence-corrected chi connectivity index (χ2v) is 11.8. The number of nitrogens with zero attached hydrogens (tertiary/aromatic N) is 1. The van der Waals surface area contributed by atoms with Gasteiger partial charge in [0.2, 0.25) is 0 Å². The van der Waals surface area contributed by atoms with E-state index in [1.165, 1.54) is 4.31 Å². The maximum atomic E-state index is 12.9. The average molecular weight is 563 g/mol. The van der Waals surface area contributed by atoms with Gasteiger partial charge in [-0.3, -0.25) is 13.7 Å². The Morgan fingerprint density at radius 1 is 0.950 bits per heavy atom. The van der Waals surface area contributed by atoms with Crippen molar-refractivity contribution in [3.63, 3.8) is 0 Å². The summed E-state index contributed by atoms with van der Waals surface area (Å²) in [5.74, 6) is -0.897. The van der Waals surface area contributed by atoms with E-state index in [1.807, 2.05) is 55.5 Å². The van der Waals surface area contributed by atoms with Gasteiger partial charge in [-0.05, 0) is 75.1 Å². The normalized spacial score (nSPS) is 13.2. The van der Waals surface area contributed by atoms with Crippen LogP contribution in [-0.2, 0) is 20.8 Å². The molecule has 0 aliphatic carbocycles. The quantitative estimate of drug-likeness (QED) is 0.177. The number of fused-ring (bicyclic) bond motifs is 1. The molecule has 0 aliphatic heterocycles. The third-order valence-corrected chi connectivity index (χ3v) is 7.12. The lowest BCUT2D eigenvalue weighted by atomic mass is 10.0. The summed E-state index contributed by atoms with van der Waals surface area (Å²) in [4.78, 5) is 25.8. The van der Waals surface area contributed by atoms with Crippen LogP contribution in [0.15, 0.2) is 77.2 Å². The first-order chi connectivity index (χ1) is 18.9. The van der Waals surface area contributed by atoms with E-state index in [1.54, 1.807) is 58.9 Å². The lowest BCUT2D eigenvalue weighted by molar-refractivity contribution is -0.157. The molecule has 210 valence electrons. The van der Waals surface area contributed by atoms with Crippen molar-refractivity contribution in [1.29, 1.82) is 0 Å². The maximum absolute atomic E-state index is 12.9. The van der Waals surface area contributed by atoms with Crippen molar-refractivity contribution < 1.29 is 27.5 Å². The molecule has 8 nitrogen and oxygen atoms in total. The van der Waals surface area contributed by atoms with Crippen LogP contribution >= 0.6 is 0 Å². The summed E-state index contributed by atoms with van der Waals surface area (Å²) in [6.07, 6.45) is 0. The van der Waals surface area contributed by atoms with E-state index in [4.69, 9.17) is 9.15 Å². The minimum Gasteiger partial charge on any atom is -0.458 e. The highest BCUT2D eigenvalue weighted by Gasteiger charge is 2.36. The molecule has 40 heavy (non-hydrogen) atoms. The molecular formula is C31H34N2O6S. The van der Waals surface area contributed by atoms with Crippen LogP contribution in [0.5, 0.6) is 0 Å². The number of nitrogens with one attached hydrogen (secondary N) is 1. The Morgan fingerprint density at radius 3 is 2.05 bits per heavy atom. The van der Waals surface area contributed by atoms with E-state index in [9.17, 15) is 18.4 Å². The second kappa shape index (κ2) is 11.7. The molecule has 4 aromatic rings. The first kappa shape index (κ1) is 29.0. The van der Waals surface area contributed by atoms with Crippen molar-refractivity contribution in [3.05, 3.63) is 84.1 Å². The lowest BCUT2D eigenvalue weighted by Gasteiger charge is -2.33. The molecule has 2 N–H and O–H groups in total. The SMILES string of the molecule is Cc1c(C(=O)Nc2ccc(-c3ccc(N(C(C(=O)OC(C)(C)C)C(C)C)S(=O)O)cc3)cc2)oc2ccccc12. The minimum absolute atomic E-state index is 0.276. The van der Waals surface area contributed by atoms with E-state index in [-0.39, 0.29) is 17.6 Å². The monoisotopic (exact) mass is 562 g/mol. The van der Waals surface area contributed by atoms with Crippen LogP contribution in [0.4, 0.5) is 11.4 Å². The third kappa shape index (κ3) is 6.43. The summed E-state index contributed by atoms with van der Waals surface area (Å²) >= 11 is -2.45. The number of carbonyl (C=O) groups is 2. The summed E-state index contributed by atoms with van der Waals surface area (Å²) < 4.78 is 34.9. The molecule has 2 atom stereocenters. The Hall–Kier alpha value is -3.95. The fraction of sp³-hybridized carbons (Fsp3) is 0.290. The van der Waals surface area contributed by atoms with Crippen LogP contribution in [0.1, 0.15) is 50.7 Å². The molecule has 0 bridgehead atoms.